The van der Waals surface area contributed by atoms with Gasteiger partial charge in [-0.15, -0.1) is 0 Å². The Morgan fingerprint density at radius 1 is 1.27 bits per heavy atom. The molecule has 138 valence electrons. The van der Waals surface area contributed by atoms with E-state index in [-0.39, 0.29) is 5.97 Å². The molecule has 1 aliphatic carbocycles. The predicted octanol–water partition coefficient (Wildman–Crippen LogP) is 3.41. The highest BCUT2D eigenvalue weighted by Crippen LogP contribution is 2.26. The lowest BCUT2D eigenvalue weighted by molar-refractivity contribution is 0.0526. The summed E-state index contributed by atoms with van der Waals surface area (Å²) in [6.07, 6.45) is 10.9. The van der Waals surface area contributed by atoms with Crippen molar-refractivity contribution >= 4 is 17.5 Å². The van der Waals surface area contributed by atoms with Crippen molar-refractivity contribution in [1.29, 1.82) is 0 Å². The number of rotatable bonds is 7. The third-order valence-electron chi connectivity index (χ3n) is 4.45. The molecule has 0 radical (unpaired) electrons. The fraction of sp³-hybridized carbons (Fsp3) is 0.474. The van der Waals surface area contributed by atoms with E-state index in [9.17, 15) is 4.79 Å². The summed E-state index contributed by atoms with van der Waals surface area (Å²) in [5.74, 6) is 0.397. The van der Waals surface area contributed by atoms with Crippen molar-refractivity contribution in [2.24, 2.45) is 0 Å². The quantitative estimate of drug-likeness (QED) is 0.736. The SMILES string of the molecule is CCOC(=O)c1cnc(NC2CCCCC2)c(NCc2ccncn2)c1. The second-order valence-corrected chi connectivity index (χ2v) is 6.37. The maximum absolute atomic E-state index is 12.0. The van der Waals surface area contributed by atoms with E-state index < -0.39 is 0 Å². The van der Waals surface area contributed by atoms with Crippen LogP contribution < -0.4 is 10.6 Å². The molecular formula is C19H25N5O2. The van der Waals surface area contributed by atoms with Crippen molar-refractivity contribution in [3.63, 3.8) is 0 Å². The molecule has 0 bridgehead atoms. The molecule has 0 amide bonds. The smallest absolute Gasteiger partial charge is 0.339 e. The summed E-state index contributed by atoms with van der Waals surface area (Å²) in [6.45, 7) is 2.65. The standard InChI is InChI=1S/C19H25N5O2/c1-2-26-19(25)14-10-17(21-12-16-8-9-20-13-23-16)18(22-11-14)24-15-6-4-3-5-7-15/h8-11,13,15,21H,2-7,12H2,1H3,(H,22,24). The van der Waals surface area contributed by atoms with E-state index in [4.69, 9.17) is 4.74 Å². The van der Waals surface area contributed by atoms with Gasteiger partial charge in [0.1, 0.15) is 12.1 Å². The first-order valence-corrected chi connectivity index (χ1v) is 9.18. The Labute approximate surface area is 153 Å². The van der Waals surface area contributed by atoms with Crippen molar-refractivity contribution in [1.82, 2.24) is 15.0 Å². The minimum Gasteiger partial charge on any atom is -0.462 e. The Morgan fingerprint density at radius 2 is 2.12 bits per heavy atom. The number of hydrogen-bond donors (Lipinski definition) is 2. The highest BCUT2D eigenvalue weighted by atomic mass is 16.5. The van der Waals surface area contributed by atoms with Gasteiger partial charge in [-0.1, -0.05) is 19.3 Å². The van der Waals surface area contributed by atoms with Gasteiger partial charge in [0.15, 0.2) is 0 Å². The molecule has 7 nitrogen and oxygen atoms in total. The Hall–Kier alpha value is -2.70. The highest BCUT2D eigenvalue weighted by Gasteiger charge is 2.17. The third kappa shape index (κ3) is 4.91. The molecule has 0 unspecified atom stereocenters. The number of pyridine rings is 1. The fourth-order valence-corrected chi connectivity index (χ4v) is 3.09. The van der Waals surface area contributed by atoms with Crippen molar-refractivity contribution in [2.45, 2.75) is 51.6 Å². The molecule has 0 aromatic carbocycles. The maximum atomic E-state index is 12.0. The number of aromatic nitrogens is 3. The van der Waals surface area contributed by atoms with Crippen molar-refractivity contribution in [3.8, 4) is 0 Å². The Balaban J connectivity index is 1.78. The maximum Gasteiger partial charge on any atom is 0.339 e. The van der Waals surface area contributed by atoms with Gasteiger partial charge in [0, 0.05) is 18.4 Å². The topological polar surface area (TPSA) is 89.0 Å². The third-order valence-corrected chi connectivity index (χ3v) is 4.45. The van der Waals surface area contributed by atoms with Gasteiger partial charge in [0.05, 0.1) is 30.1 Å². The molecule has 0 saturated heterocycles. The highest BCUT2D eigenvalue weighted by molar-refractivity contribution is 5.91. The lowest BCUT2D eigenvalue weighted by Gasteiger charge is -2.24. The first kappa shape index (κ1) is 18.1. The molecule has 26 heavy (non-hydrogen) atoms. The number of nitrogens with one attached hydrogen (secondary N) is 2. The second-order valence-electron chi connectivity index (χ2n) is 6.37. The number of anilines is 2. The zero-order valence-electron chi connectivity index (χ0n) is 15.1. The number of esters is 1. The van der Waals surface area contributed by atoms with Crippen molar-refractivity contribution in [3.05, 3.63) is 42.1 Å². The molecule has 0 aliphatic heterocycles. The number of hydrogen-bond acceptors (Lipinski definition) is 7. The van der Waals surface area contributed by atoms with Gasteiger partial charge >= 0.3 is 5.97 Å². The summed E-state index contributed by atoms with van der Waals surface area (Å²) in [5, 5.41) is 6.86. The number of carbonyl (C=O) groups is 1. The van der Waals surface area contributed by atoms with Gasteiger partial charge in [0.25, 0.3) is 0 Å². The lowest BCUT2D eigenvalue weighted by Crippen LogP contribution is -2.24. The zero-order valence-corrected chi connectivity index (χ0v) is 15.1. The normalized spacial score (nSPS) is 14.7. The number of ether oxygens (including phenoxy) is 1. The Bertz CT molecular complexity index is 717. The molecule has 2 aromatic rings. The van der Waals surface area contributed by atoms with Crippen LogP contribution in [0.1, 0.15) is 55.1 Å². The monoisotopic (exact) mass is 355 g/mol. The first-order valence-electron chi connectivity index (χ1n) is 9.18. The molecule has 1 saturated carbocycles. The van der Waals surface area contributed by atoms with Crippen LogP contribution in [0.2, 0.25) is 0 Å². The molecule has 0 atom stereocenters. The lowest BCUT2D eigenvalue weighted by atomic mass is 9.95. The van der Waals surface area contributed by atoms with Gasteiger partial charge < -0.3 is 15.4 Å². The van der Waals surface area contributed by atoms with Crippen LogP contribution in [0, 0.1) is 0 Å². The molecule has 3 rings (SSSR count). The van der Waals surface area contributed by atoms with E-state index in [2.05, 4.69) is 25.6 Å². The number of nitrogens with zero attached hydrogens (tertiary/aromatic N) is 3. The molecule has 2 heterocycles. The molecule has 7 heteroatoms. The molecule has 1 aliphatic rings. The molecule has 2 N–H and O–H groups in total. The van der Waals surface area contributed by atoms with Crippen LogP contribution in [0.4, 0.5) is 11.5 Å². The van der Waals surface area contributed by atoms with Crippen LogP contribution in [0.5, 0.6) is 0 Å². The van der Waals surface area contributed by atoms with Crippen LogP contribution in [0.3, 0.4) is 0 Å². The van der Waals surface area contributed by atoms with Crippen molar-refractivity contribution < 1.29 is 9.53 Å². The fourth-order valence-electron chi connectivity index (χ4n) is 3.09. The van der Waals surface area contributed by atoms with Gasteiger partial charge in [-0.05, 0) is 31.9 Å². The average molecular weight is 355 g/mol. The summed E-state index contributed by atoms with van der Waals surface area (Å²) < 4.78 is 5.09. The van der Waals surface area contributed by atoms with E-state index in [1.54, 1.807) is 25.4 Å². The predicted molar refractivity (Wildman–Crippen MR) is 100 cm³/mol. The molecular weight excluding hydrogens is 330 g/mol. The summed E-state index contributed by atoms with van der Waals surface area (Å²) in [4.78, 5) is 24.7. The summed E-state index contributed by atoms with van der Waals surface area (Å²) in [7, 11) is 0. The van der Waals surface area contributed by atoms with Crippen LogP contribution in [-0.4, -0.2) is 33.6 Å². The average Bonchev–Trinajstić information content (AvgIpc) is 2.69. The van der Waals surface area contributed by atoms with Crippen molar-refractivity contribution in [2.75, 3.05) is 17.2 Å². The Morgan fingerprint density at radius 3 is 2.85 bits per heavy atom. The van der Waals surface area contributed by atoms with E-state index in [1.165, 1.54) is 25.6 Å². The minimum atomic E-state index is -0.366. The zero-order chi connectivity index (χ0) is 18.2. The van der Waals surface area contributed by atoms with E-state index in [0.717, 1.165) is 30.0 Å². The van der Waals surface area contributed by atoms with E-state index in [0.29, 0.717) is 24.8 Å². The van der Waals surface area contributed by atoms with Gasteiger partial charge in [-0.3, -0.25) is 0 Å². The first-order chi connectivity index (χ1) is 12.8. The van der Waals surface area contributed by atoms with Gasteiger partial charge in [0.2, 0.25) is 0 Å². The molecule has 0 spiro atoms. The van der Waals surface area contributed by atoms with Gasteiger partial charge in [-0.2, -0.15) is 0 Å². The van der Waals surface area contributed by atoms with Crippen LogP contribution in [0.25, 0.3) is 0 Å². The largest absolute Gasteiger partial charge is 0.462 e. The summed E-state index contributed by atoms with van der Waals surface area (Å²) >= 11 is 0. The van der Waals surface area contributed by atoms with E-state index >= 15 is 0 Å². The van der Waals surface area contributed by atoms with Crippen LogP contribution in [-0.2, 0) is 11.3 Å². The minimum absolute atomic E-state index is 0.338. The summed E-state index contributed by atoms with van der Waals surface area (Å²) in [6, 6.07) is 4.06. The molecule has 2 aromatic heterocycles. The summed E-state index contributed by atoms with van der Waals surface area (Å²) in [5.41, 5.74) is 2.08. The van der Waals surface area contributed by atoms with Crippen LogP contribution in [0.15, 0.2) is 30.9 Å². The molecule has 1 fully saturated rings. The van der Waals surface area contributed by atoms with Gasteiger partial charge in [-0.25, -0.2) is 19.7 Å². The van der Waals surface area contributed by atoms with E-state index in [1.807, 2.05) is 6.07 Å². The van der Waals surface area contributed by atoms with Crippen LogP contribution >= 0.6 is 0 Å². The number of carbonyl (C=O) groups excluding carboxylic acids is 1. The Kier molecular flexibility index (Phi) is 6.35. The second kappa shape index (κ2) is 9.12.